The van der Waals surface area contributed by atoms with Crippen LogP contribution in [-0.4, -0.2) is 22.9 Å². The number of ether oxygens (including phenoxy) is 1. The number of nitrogens with one attached hydrogen (secondary N) is 1. The molecule has 0 aliphatic carbocycles. The largest absolute Gasteiger partial charge is 0.449 e. The first-order valence-electron chi connectivity index (χ1n) is 7.86. The van der Waals surface area contributed by atoms with Crippen molar-refractivity contribution in [2.75, 3.05) is 5.32 Å². The fraction of sp³-hybridized carbons (Fsp3) is 0.158. The molecule has 0 spiro atoms. The molecule has 26 heavy (non-hydrogen) atoms. The number of hydrogen-bond donors (Lipinski definition) is 1. The minimum absolute atomic E-state index is 0.0774. The molecular weight excluding hydrogens is 336 g/mol. The Morgan fingerprint density at radius 1 is 1.19 bits per heavy atom. The van der Waals surface area contributed by atoms with E-state index in [0.717, 1.165) is 11.6 Å². The Balaban J connectivity index is 1.91. The summed E-state index contributed by atoms with van der Waals surface area (Å²) in [5, 5.41) is 13.4. The topological polar surface area (TPSA) is 98.5 Å². The van der Waals surface area contributed by atoms with E-state index >= 15 is 0 Å². The molecule has 134 valence electrons. The first kappa shape index (κ1) is 18.9. The van der Waals surface area contributed by atoms with E-state index in [9.17, 15) is 19.7 Å². The summed E-state index contributed by atoms with van der Waals surface area (Å²) >= 11 is 0. The summed E-state index contributed by atoms with van der Waals surface area (Å²) < 4.78 is 5.04. The molecule has 0 aliphatic rings. The van der Waals surface area contributed by atoms with Gasteiger partial charge in [0.05, 0.1) is 4.92 Å². The van der Waals surface area contributed by atoms with Crippen LogP contribution < -0.4 is 5.32 Å². The first-order chi connectivity index (χ1) is 12.3. The SMILES string of the molecule is Cc1ccc(NC(=O)C(C)OC(=O)C=Cc2cccc([N+](=O)[O-])c2)cc1. The molecule has 0 radical (unpaired) electrons. The molecule has 7 nitrogen and oxygen atoms in total. The number of hydrogen-bond acceptors (Lipinski definition) is 5. The molecular formula is C19H18N2O5. The molecule has 0 aromatic heterocycles. The number of non-ortho nitro benzene ring substituents is 1. The van der Waals surface area contributed by atoms with Crippen LogP contribution in [0.4, 0.5) is 11.4 Å². The van der Waals surface area contributed by atoms with E-state index in [-0.39, 0.29) is 5.69 Å². The smallest absolute Gasteiger partial charge is 0.331 e. The molecule has 0 fully saturated rings. The summed E-state index contributed by atoms with van der Waals surface area (Å²) in [7, 11) is 0. The lowest BCUT2D eigenvalue weighted by atomic mass is 10.2. The van der Waals surface area contributed by atoms with Crippen molar-refractivity contribution in [2.24, 2.45) is 0 Å². The van der Waals surface area contributed by atoms with Gasteiger partial charge in [0.25, 0.3) is 11.6 Å². The number of benzene rings is 2. The summed E-state index contributed by atoms with van der Waals surface area (Å²) in [6.45, 7) is 3.40. The Morgan fingerprint density at radius 2 is 1.88 bits per heavy atom. The van der Waals surface area contributed by atoms with Gasteiger partial charge in [0.2, 0.25) is 0 Å². The number of aryl methyl sites for hydroxylation is 1. The average molecular weight is 354 g/mol. The van der Waals surface area contributed by atoms with Gasteiger partial charge in [-0.15, -0.1) is 0 Å². The lowest BCUT2D eigenvalue weighted by Gasteiger charge is -2.12. The van der Waals surface area contributed by atoms with Crippen molar-refractivity contribution in [2.45, 2.75) is 20.0 Å². The third kappa shape index (κ3) is 5.55. The lowest BCUT2D eigenvalue weighted by molar-refractivity contribution is -0.384. The second-order valence-corrected chi connectivity index (χ2v) is 5.62. The van der Waals surface area contributed by atoms with E-state index in [1.54, 1.807) is 18.2 Å². The molecule has 2 aromatic rings. The number of carbonyl (C=O) groups excluding carboxylic acids is 2. The summed E-state index contributed by atoms with van der Waals surface area (Å²) in [5.41, 5.74) is 2.07. The molecule has 7 heteroatoms. The fourth-order valence-electron chi connectivity index (χ4n) is 2.05. The summed E-state index contributed by atoms with van der Waals surface area (Å²) in [6, 6.07) is 13.0. The van der Waals surface area contributed by atoms with Crippen molar-refractivity contribution >= 4 is 29.3 Å². The van der Waals surface area contributed by atoms with Gasteiger partial charge in [-0.2, -0.15) is 0 Å². The Bertz CT molecular complexity index is 843. The van der Waals surface area contributed by atoms with E-state index in [1.165, 1.54) is 31.2 Å². The third-order valence-corrected chi connectivity index (χ3v) is 3.47. The van der Waals surface area contributed by atoms with Gasteiger partial charge in [-0.05, 0) is 37.6 Å². The van der Waals surface area contributed by atoms with E-state index < -0.39 is 22.9 Å². The lowest BCUT2D eigenvalue weighted by Crippen LogP contribution is -2.29. The summed E-state index contributed by atoms with van der Waals surface area (Å²) in [5.74, 6) is -1.17. The van der Waals surface area contributed by atoms with Crippen molar-refractivity contribution < 1.29 is 19.2 Å². The predicted octanol–water partition coefficient (Wildman–Crippen LogP) is 3.49. The maximum atomic E-state index is 12.0. The van der Waals surface area contributed by atoms with Crippen LogP contribution in [0.5, 0.6) is 0 Å². The maximum Gasteiger partial charge on any atom is 0.331 e. The van der Waals surface area contributed by atoms with Gasteiger partial charge >= 0.3 is 5.97 Å². The zero-order chi connectivity index (χ0) is 19.1. The number of esters is 1. The molecule has 2 aromatic carbocycles. The van der Waals surface area contributed by atoms with Crippen molar-refractivity contribution in [3.63, 3.8) is 0 Å². The van der Waals surface area contributed by atoms with Gasteiger partial charge in [-0.3, -0.25) is 14.9 Å². The molecule has 0 aliphatic heterocycles. The highest BCUT2D eigenvalue weighted by Gasteiger charge is 2.16. The predicted molar refractivity (Wildman–Crippen MR) is 97.5 cm³/mol. The molecule has 1 unspecified atom stereocenters. The molecule has 1 atom stereocenters. The highest BCUT2D eigenvalue weighted by molar-refractivity contribution is 5.96. The molecule has 1 N–H and O–H groups in total. The van der Waals surface area contributed by atoms with Crippen LogP contribution in [0.25, 0.3) is 6.08 Å². The van der Waals surface area contributed by atoms with Crippen LogP contribution >= 0.6 is 0 Å². The molecule has 0 saturated carbocycles. The van der Waals surface area contributed by atoms with Gasteiger partial charge in [-0.1, -0.05) is 29.8 Å². The number of nitro groups is 1. The molecule has 0 bridgehead atoms. The second-order valence-electron chi connectivity index (χ2n) is 5.62. The van der Waals surface area contributed by atoms with Gasteiger partial charge in [-0.25, -0.2) is 4.79 Å². The van der Waals surface area contributed by atoms with E-state index in [2.05, 4.69) is 5.32 Å². The Hall–Kier alpha value is -3.48. The van der Waals surface area contributed by atoms with Crippen molar-refractivity contribution in [3.8, 4) is 0 Å². The van der Waals surface area contributed by atoms with Crippen LogP contribution in [0, 0.1) is 17.0 Å². The Kier molecular flexibility index (Phi) is 6.21. The van der Waals surface area contributed by atoms with Crippen molar-refractivity contribution in [3.05, 3.63) is 75.8 Å². The average Bonchev–Trinajstić information content (AvgIpc) is 2.62. The molecule has 1 amide bonds. The van der Waals surface area contributed by atoms with Crippen LogP contribution in [0.3, 0.4) is 0 Å². The van der Waals surface area contributed by atoms with E-state index in [1.807, 2.05) is 19.1 Å². The van der Waals surface area contributed by atoms with Crippen molar-refractivity contribution in [1.29, 1.82) is 0 Å². The van der Waals surface area contributed by atoms with E-state index in [0.29, 0.717) is 11.3 Å². The van der Waals surface area contributed by atoms with Crippen LogP contribution in [0.15, 0.2) is 54.6 Å². The second kappa shape index (κ2) is 8.57. The summed E-state index contributed by atoms with van der Waals surface area (Å²) in [4.78, 5) is 34.1. The van der Waals surface area contributed by atoms with E-state index in [4.69, 9.17) is 4.74 Å². The van der Waals surface area contributed by atoms with Crippen LogP contribution in [0.1, 0.15) is 18.1 Å². The van der Waals surface area contributed by atoms with Crippen LogP contribution in [0.2, 0.25) is 0 Å². The maximum absolute atomic E-state index is 12.0. The number of nitro benzene ring substituents is 1. The summed E-state index contributed by atoms with van der Waals surface area (Å²) in [6.07, 6.45) is 1.52. The number of anilines is 1. The van der Waals surface area contributed by atoms with Gasteiger partial charge in [0.1, 0.15) is 0 Å². The minimum atomic E-state index is -0.987. The zero-order valence-corrected chi connectivity index (χ0v) is 14.3. The minimum Gasteiger partial charge on any atom is -0.449 e. The number of rotatable bonds is 6. The highest BCUT2D eigenvalue weighted by Crippen LogP contribution is 2.14. The highest BCUT2D eigenvalue weighted by atomic mass is 16.6. The van der Waals surface area contributed by atoms with Gasteiger partial charge in [0.15, 0.2) is 6.10 Å². The van der Waals surface area contributed by atoms with Crippen LogP contribution in [-0.2, 0) is 14.3 Å². The molecule has 0 saturated heterocycles. The standard InChI is InChI=1S/C19H18N2O5/c1-13-6-9-16(10-7-13)20-19(23)14(2)26-18(22)11-8-15-4-3-5-17(12-15)21(24)25/h3-12,14H,1-2H3,(H,20,23). The van der Waals surface area contributed by atoms with Gasteiger partial charge < -0.3 is 10.1 Å². The fourth-order valence-corrected chi connectivity index (χ4v) is 2.05. The zero-order valence-electron chi connectivity index (χ0n) is 14.3. The molecule has 0 heterocycles. The number of amides is 1. The van der Waals surface area contributed by atoms with Crippen molar-refractivity contribution in [1.82, 2.24) is 0 Å². The number of nitrogens with zero attached hydrogens (tertiary/aromatic N) is 1. The number of carbonyl (C=O) groups is 2. The normalized spacial score (nSPS) is 11.8. The quantitative estimate of drug-likeness (QED) is 0.370. The Morgan fingerprint density at radius 3 is 2.54 bits per heavy atom. The Labute approximate surface area is 150 Å². The van der Waals surface area contributed by atoms with Gasteiger partial charge in [0, 0.05) is 23.9 Å². The molecule has 2 rings (SSSR count). The monoisotopic (exact) mass is 354 g/mol. The first-order valence-corrected chi connectivity index (χ1v) is 7.86. The third-order valence-electron chi connectivity index (χ3n) is 3.47.